The summed E-state index contributed by atoms with van der Waals surface area (Å²) in [5.41, 5.74) is 3.54. The molecule has 0 aliphatic rings. The first-order valence-electron chi connectivity index (χ1n) is 8.66. The summed E-state index contributed by atoms with van der Waals surface area (Å²) in [5.74, 6) is -0.785. The number of rotatable bonds is 4. The Morgan fingerprint density at radius 1 is 1.07 bits per heavy atom. The maximum Gasteiger partial charge on any atom is 0.274 e. The zero-order chi connectivity index (χ0) is 19.7. The number of benzene rings is 1. The third-order valence-electron chi connectivity index (χ3n) is 4.41. The molecule has 0 atom stereocenters. The summed E-state index contributed by atoms with van der Waals surface area (Å²) >= 11 is 0. The van der Waals surface area contributed by atoms with Gasteiger partial charge in [-0.1, -0.05) is 30.3 Å². The molecule has 8 nitrogen and oxygen atoms in total. The first-order chi connectivity index (χ1) is 13.6. The highest BCUT2D eigenvalue weighted by Crippen LogP contribution is 2.21. The van der Waals surface area contributed by atoms with Gasteiger partial charge >= 0.3 is 0 Å². The topological polar surface area (TPSA) is 93.3 Å². The van der Waals surface area contributed by atoms with Crippen molar-refractivity contribution in [3.05, 3.63) is 72.3 Å². The van der Waals surface area contributed by atoms with E-state index < -0.39 is 5.91 Å². The zero-order valence-corrected chi connectivity index (χ0v) is 15.4. The molecule has 0 bridgehead atoms. The predicted octanol–water partition coefficient (Wildman–Crippen LogP) is 2.35. The summed E-state index contributed by atoms with van der Waals surface area (Å²) in [6, 6.07) is 13.4. The summed E-state index contributed by atoms with van der Waals surface area (Å²) in [6.07, 6.45) is 5.13. The highest BCUT2D eigenvalue weighted by molar-refractivity contribution is 6.11. The molecular formula is C20H18N6O2. The molecular weight excluding hydrogens is 356 g/mol. The third kappa shape index (κ3) is 3.11. The van der Waals surface area contributed by atoms with Gasteiger partial charge < -0.3 is 15.0 Å². The second kappa shape index (κ2) is 6.99. The lowest BCUT2D eigenvalue weighted by Gasteiger charge is -2.07. The molecule has 0 aliphatic carbocycles. The minimum absolute atomic E-state index is 0.188. The van der Waals surface area contributed by atoms with E-state index in [9.17, 15) is 9.59 Å². The molecule has 0 aliphatic heterocycles. The summed E-state index contributed by atoms with van der Waals surface area (Å²) < 4.78 is 3.26. The van der Waals surface area contributed by atoms with Crippen LogP contribution in [-0.2, 0) is 7.05 Å². The lowest BCUT2D eigenvalue weighted by atomic mass is 10.2. The van der Waals surface area contributed by atoms with E-state index in [1.165, 1.54) is 17.9 Å². The summed E-state index contributed by atoms with van der Waals surface area (Å²) in [4.78, 5) is 29.3. The van der Waals surface area contributed by atoms with E-state index in [-0.39, 0.29) is 17.2 Å². The fourth-order valence-electron chi connectivity index (χ4n) is 3.01. The van der Waals surface area contributed by atoms with Crippen molar-refractivity contribution in [1.82, 2.24) is 24.5 Å². The first kappa shape index (κ1) is 17.5. The van der Waals surface area contributed by atoms with Gasteiger partial charge in [0.05, 0.1) is 17.5 Å². The van der Waals surface area contributed by atoms with Gasteiger partial charge in [0, 0.05) is 43.8 Å². The smallest absolute Gasteiger partial charge is 0.274 e. The van der Waals surface area contributed by atoms with Crippen LogP contribution in [0.1, 0.15) is 20.8 Å². The standard InChI is InChI=1S/C20H18N6O2/c1-21-19(27)15-11-22-25(2)18(15)20(28)23-14-8-9-26-12-16(24-17(26)10-14)13-6-4-3-5-7-13/h3-12H,1-2H3,(H,21,27)(H,23,28). The molecule has 3 heterocycles. The average Bonchev–Trinajstić information content (AvgIpc) is 3.31. The summed E-state index contributed by atoms with van der Waals surface area (Å²) in [5, 5.41) is 9.34. The molecule has 2 N–H and O–H groups in total. The first-order valence-corrected chi connectivity index (χ1v) is 8.66. The van der Waals surface area contributed by atoms with Crippen LogP contribution >= 0.6 is 0 Å². The Labute approximate surface area is 160 Å². The second-order valence-corrected chi connectivity index (χ2v) is 6.24. The minimum atomic E-state index is -0.419. The molecule has 140 valence electrons. The number of nitrogens with one attached hydrogen (secondary N) is 2. The molecule has 0 saturated heterocycles. The van der Waals surface area contributed by atoms with Gasteiger partial charge in [-0.15, -0.1) is 0 Å². The number of aromatic nitrogens is 4. The molecule has 2 amide bonds. The van der Waals surface area contributed by atoms with Gasteiger partial charge in [-0.3, -0.25) is 14.3 Å². The van der Waals surface area contributed by atoms with Crippen LogP contribution < -0.4 is 10.6 Å². The number of pyridine rings is 1. The number of imidazole rings is 1. The van der Waals surface area contributed by atoms with Gasteiger partial charge in [0.2, 0.25) is 0 Å². The van der Waals surface area contributed by atoms with Crippen molar-refractivity contribution >= 4 is 23.1 Å². The average molecular weight is 374 g/mol. The molecule has 8 heteroatoms. The number of nitrogens with zero attached hydrogens (tertiary/aromatic N) is 4. The Hall–Kier alpha value is -3.94. The van der Waals surface area contributed by atoms with Crippen molar-refractivity contribution in [1.29, 1.82) is 0 Å². The molecule has 1 aromatic carbocycles. The van der Waals surface area contributed by atoms with Gasteiger partial charge in [-0.05, 0) is 6.07 Å². The van der Waals surface area contributed by atoms with Crippen molar-refractivity contribution < 1.29 is 9.59 Å². The molecule has 0 saturated carbocycles. The summed E-state index contributed by atoms with van der Waals surface area (Å²) in [6.45, 7) is 0. The van der Waals surface area contributed by atoms with E-state index in [1.54, 1.807) is 19.2 Å². The van der Waals surface area contributed by atoms with Crippen LogP contribution in [0.5, 0.6) is 0 Å². The number of hydrogen-bond donors (Lipinski definition) is 2. The van der Waals surface area contributed by atoms with E-state index in [0.29, 0.717) is 11.3 Å². The van der Waals surface area contributed by atoms with Crippen molar-refractivity contribution in [3.8, 4) is 11.3 Å². The number of anilines is 1. The fourth-order valence-corrected chi connectivity index (χ4v) is 3.01. The highest BCUT2D eigenvalue weighted by atomic mass is 16.2. The Bertz CT molecular complexity index is 1180. The number of carbonyl (C=O) groups is 2. The van der Waals surface area contributed by atoms with Gasteiger partial charge in [0.1, 0.15) is 11.3 Å². The third-order valence-corrected chi connectivity index (χ3v) is 4.41. The molecule has 0 spiro atoms. The Morgan fingerprint density at radius 2 is 1.86 bits per heavy atom. The molecule has 0 unspecified atom stereocenters. The number of amides is 2. The van der Waals surface area contributed by atoms with Gasteiger partial charge in [-0.2, -0.15) is 5.10 Å². The van der Waals surface area contributed by atoms with E-state index in [0.717, 1.165) is 11.3 Å². The van der Waals surface area contributed by atoms with E-state index in [1.807, 2.05) is 47.1 Å². The summed E-state index contributed by atoms with van der Waals surface area (Å²) in [7, 11) is 3.12. The van der Waals surface area contributed by atoms with E-state index >= 15 is 0 Å². The van der Waals surface area contributed by atoms with Gasteiger partial charge in [-0.25, -0.2) is 4.98 Å². The van der Waals surface area contributed by atoms with Gasteiger partial charge in [0.15, 0.2) is 0 Å². The molecule has 3 aromatic heterocycles. The van der Waals surface area contributed by atoms with Crippen LogP contribution in [-0.4, -0.2) is 38.0 Å². The van der Waals surface area contributed by atoms with Crippen LogP contribution in [0.3, 0.4) is 0 Å². The van der Waals surface area contributed by atoms with E-state index in [2.05, 4.69) is 20.7 Å². The molecule has 4 rings (SSSR count). The van der Waals surface area contributed by atoms with E-state index in [4.69, 9.17) is 0 Å². The normalized spacial score (nSPS) is 10.8. The Balaban J connectivity index is 1.63. The Kier molecular flexibility index (Phi) is 4.36. The quantitative estimate of drug-likeness (QED) is 0.573. The molecule has 0 fully saturated rings. The second-order valence-electron chi connectivity index (χ2n) is 6.24. The number of carbonyl (C=O) groups excluding carboxylic acids is 2. The van der Waals surface area contributed by atoms with Gasteiger partial charge in [0.25, 0.3) is 11.8 Å². The van der Waals surface area contributed by atoms with Crippen LogP contribution in [0.25, 0.3) is 16.9 Å². The predicted molar refractivity (Wildman–Crippen MR) is 105 cm³/mol. The largest absolute Gasteiger partial charge is 0.355 e. The molecule has 0 radical (unpaired) electrons. The van der Waals surface area contributed by atoms with Crippen molar-refractivity contribution in [2.24, 2.45) is 7.05 Å². The number of aryl methyl sites for hydroxylation is 1. The SMILES string of the molecule is CNC(=O)c1cnn(C)c1C(=O)Nc1ccn2cc(-c3ccccc3)nc2c1. The lowest BCUT2D eigenvalue weighted by molar-refractivity contribution is 0.0946. The fraction of sp³-hybridized carbons (Fsp3) is 0.100. The monoisotopic (exact) mass is 374 g/mol. The number of hydrogen-bond acceptors (Lipinski definition) is 4. The maximum atomic E-state index is 12.7. The van der Waals surface area contributed by atoms with Crippen molar-refractivity contribution in [2.75, 3.05) is 12.4 Å². The van der Waals surface area contributed by atoms with Crippen molar-refractivity contribution in [3.63, 3.8) is 0 Å². The highest BCUT2D eigenvalue weighted by Gasteiger charge is 2.21. The van der Waals surface area contributed by atoms with Crippen LogP contribution in [0.4, 0.5) is 5.69 Å². The zero-order valence-electron chi connectivity index (χ0n) is 15.4. The van der Waals surface area contributed by atoms with Crippen molar-refractivity contribution in [2.45, 2.75) is 0 Å². The minimum Gasteiger partial charge on any atom is -0.355 e. The Morgan fingerprint density at radius 3 is 2.61 bits per heavy atom. The number of fused-ring (bicyclic) bond motifs is 1. The molecule has 4 aromatic rings. The lowest BCUT2D eigenvalue weighted by Crippen LogP contribution is -2.24. The maximum absolute atomic E-state index is 12.7. The van der Waals surface area contributed by atoms with Crippen LogP contribution in [0.15, 0.2) is 61.1 Å². The molecule has 28 heavy (non-hydrogen) atoms. The van der Waals surface area contributed by atoms with Crippen LogP contribution in [0.2, 0.25) is 0 Å². The van der Waals surface area contributed by atoms with Crippen LogP contribution in [0, 0.1) is 0 Å².